The highest BCUT2D eigenvalue weighted by atomic mass is 16.2. The molecule has 2 heterocycles. The third-order valence-corrected chi connectivity index (χ3v) is 4.26. The highest BCUT2D eigenvalue weighted by molar-refractivity contribution is 6.11. The Morgan fingerprint density at radius 1 is 1.00 bits per heavy atom. The van der Waals surface area contributed by atoms with Gasteiger partial charge in [0.15, 0.2) is 5.69 Å². The minimum atomic E-state index is -0.138. The molecule has 0 radical (unpaired) electrons. The number of nitrogens with one attached hydrogen (secondary N) is 1. The largest absolute Gasteiger partial charge is 0.345 e. The number of fused-ring (bicyclic) bond motifs is 1. The second kappa shape index (κ2) is 6.36. The van der Waals surface area contributed by atoms with Gasteiger partial charge in [0, 0.05) is 12.1 Å². The van der Waals surface area contributed by atoms with Gasteiger partial charge in [-0.05, 0) is 12.5 Å². The van der Waals surface area contributed by atoms with Crippen LogP contribution in [-0.4, -0.2) is 27.9 Å². The maximum Gasteiger partial charge on any atom is 0.272 e. The van der Waals surface area contributed by atoms with Crippen molar-refractivity contribution in [3.63, 3.8) is 0 Å². The van der Waals surface area contributed by atoms with Crippen LogP contribution in [0.4, 0.5) is 5.69 Å². The van der Waals surface area contributed by atoms with E-state index in [2.05, 4.69) is 10.4 Å². The molecule has 0 fully saturated rings. The number of rotatable bonds is 3. The molecule has 1 aliphatic heterocycles. The normalized spacial score (nSPS) is 13.6. The van der Waals surface area contributed by atoms with Gasteiger partial charge in [0.25, 0.3) is 5.91 Å². The summed E-state index contributed by atoms with van der Waals surface area (Å²) in [6.45, 7) is 2.98. The Hall–Kier alpha value is -3.21. The first-order valence-electron chi connectivity index (χ1n) is 8.35. The number of aromatic nitrogens is 2. The van der Waals surface area contributed by atoms with Gasteiger partial charge in [0.2, 0.25) is 0 Å². The second-order valence-corrected chi connectivity index (χ2v) is 5.83. The minimum absolute atomic E-state index is 0.138. The van der Waals surface area contributed by atoms with Crippen molar-refractivity contribution in [3.8, 4) is 11.3 Å². The van der Waals surface area contributed by atoms with E-state index in [1.54, 1.807) is 4.68 Å². The average molecular weight is 330 g/mol. The first kappa shape index (κ1) is 15.3. The fraction of sp³-hybridized carbons (Fsp3) is 0.150. The summed E-state index contributed by atoms with van der Waals surface area (Å²) in [5.74, 6) is -0.138. The van der Waals surface area contributed by atoms with Crippen molar-refractivity contribution in [1.29, 1.82) is 0 Å². The van der Waals surface area contributed by atoms with Crippen LogP contribution in [0.3, 0.4) is 0 Å². The van der Waals surface area contributed by atoms with E-state index < -0.39 is 0 Å². The van der Waals surface area contributed by atoms with E-state index in [4.69, 9.17) is 4.99 Å². The van der Waals surface area contributed by atoms with Crippen LogP contribution in [0.2, 0.25) is 0 Å². The lowest BCUT2D eigenvalue weighted by Crippen LogP contribution is -2.29. The molecule has 0 bridgehead atoms. The number of benzene rings is 2. The topological polar surface area (TPSA) is 59.3 Å². The van der Waals surface area contributed by atoms with Crippen molar-refractivity contribution in [3.05, 3.63) is 71.9 Å². The zero-order chi connectivity index (χ0) is 17.2. The molecule has 25 heavy (non-hydrogen) atoms. The van der Waals surface area contributed by atoms with Crippen LogP contribution >= 0.6 is 0 Å². The molecule has 3 aromatic rings. The fourth-order valence-electron chi connectivity index (χ4n) is 3.02. The highest BCUT2D eigenvalue weighted by Gasteiger charge is 2.27. The van der Waals surface area contributed by atoms with Crippen molar-refractivity contribution in [2.24, 2.45) is 4.99 Å². The lowest BCUT2D eigenvalue weighted by molar-refractivity contribution is 0.0950. The van der Waals surface area contributed by atoms with Crippen molar-refractivity contribution < 1.29 is 4.79 Å². The second-order valence-electron chi connectivity index (χ2n) is 5.83. The number of hydrogen-bond acceptors (Lipinski definition) is 3. The number of hydrogen-bond donors (Lipinski definition) is 1. The Bertz CT molecular complexity index is 943. The van der Waals surface area contributed by atoms with Crippen LogP contribution < -0.4 is 5.32 Å². The Morgan fingerprint density at radius 2 is 1.64 bits per heavy atom. The van der Waals surface area contributed by atoms with Crippen molar-refractivity contribution >= 4 is 17.3 Å². The zero-order valence-corrected chi connectivity index (χ0v) is 13.9. The van der Waals surface area contributed by atoms with Gasteiger partial charge in [0.1, 0.15) is 11.4 Å². The lowest BCUT2D eigenvalue weighted by atomic mass is 10.1. The van der Waals surface area contributed by atoms with E-state index in [1.807, 2.05) is 67.6 Å². The smallest absolute Gasteiger partial charge is 0.272 e. The van der Waals surface area contributed by atoms with E-state index in [9.17, 15) is 4.79 Å². The number of carbonyl (C=O) groups is 1. The minimum Gasteiger partial charge on any atom is -0.345 e. The number of nitrogens with zero attached hydrogens (tertiary/aromatic N) is 3. The average Bonchev–Trinajstić information content (AvgIpc) is 2.95. The van der Waals surface area contributed by atoms with Crippen LogP contribution in [0.5, 0.6) is 0 Å². The van der Waals surface area contributed by atoms with Crippen LogP contribution in [-0.2, 0) is 6.54 Å². The van der Waals surface area contributed by atoms with Gasteiger partial charge in [-0.25, -0.2) is 4.99 Å². The maximum absolute atomic E-state index is 12.7. The highest BCUT2D eigenvalue weighted by Crippen LogP contribution is 2.34. The predicted molar refractivity (Wildman–Crippen MR) is 98.3 cm³/mol. The molecule has 124 valence electrons. The zero-order valence-electron chi connectivity index (χ0n) is 13.9. The quantitative estimate of drug-likeness (QED) is 0.800. The first-order chi connectivity index (χ1) is 12.3. The van der Waals surface area contributed by atoms with Crippen LogP contribution in [0, 0.1) is 0 Å². The molecule has 4 rings (SSSR count). The van der Waals surface area contributed by atoms with Crippen LogP contribution in [0.15, 0.2) is 65.7 Å². The van der Waals surface area contributed by atoms with E-state index in [0.717, 1.165) is 22.5 Å². The summed E-state index contributed by atoms with van der Waals surface area (Å²) in [5, 5.41) is 7.61. The summed E-state index contributed by atoms with van der Waals surface area (Å²) in [4.78, 5) is 17.5. The van der Waals surface area contributed by atoms with Gasteiger partial charge in [-0.2, -0.15) is 5.10 Å². The summed E-state index contributed by atoms with van der Waals surface area (Å²) in [6, 6.07) is 19.8. The molecule has 5 heteroatoms. The van der Waals surface area contributed by atoms with Gasteiger partial charge >= 0.3 is 0 Å². The SMILES string of the molecule is CCn1nc(-c2ccccc2)c2c1C(=O)NCC(c1ccccc1)=N2. The van der Waals surface area contributed by atoms with E-state index in [1.165, 1.54) is 0 Å². The number of aryl methyl sites for hydroxylation is 1. The molecule has 0 saturated carbocycles. The van der Waals surface area contributed by atoms with E-state index >= 15 is 0 Å². The predicted octanol–water partition coefficient (Wildman–Crippen LogP) is 3.43. The molecule has 0 aliphatic carbocycles. The van der Waals surface area contributed by atoms with Gasteiger partial charge in [-0.1, -0.05) is 60.7 Å². The number of carbonyl (C=O) groups excluding carboxylic acids is 1. The Kier molecular flexibility index (Phi) is 3.90. The molecule has 0 unspecified atom stereocenters. The van der Waals surface area contributed by atoms with E-state index in [0.29, 0.717) is 24.5 Å². The Balaban J connectivity index is 1.94. The number of amides is 1. The van der Waals surface area contributed by atoms with Gasteiger partial charge in [0.05, 0.1) is 12.3 Å². The fourth-order valence-corrected chi connectivity index (χ4v) is 3.02. The summed E-state index contributed by atoms with van der Waals surface area (Å²) in [7, 11) is 0. The molecule has 1 aliphatic rings. The number of aliphatic imine (C=N–C) groups is 1. The van der Waals surface area contributed by atoms with Crippen molar-refractivity contribution in [2.75, 3.05) is 6.54 Å². The summed E-state index contributed by atoms with van der Waals surface area (Å²) < 4.78 is 1.73. The summed E-state index contributed by atoms with van der Waals surface area (Å²) in [5.41, 5.74) is 4.69. The standard InChI is InChI=1S/C20H18N4O/c1-2-24-19-18(17(23-24)15-11-7-4-8-12-15)22-16(13-21-20(19)25)14-9-5-3-6-10-14/h3-12H,2,13H2,1H3,(H,21,25). The molecule has 2 aromatic carbocycles. The molecular formula is C20H18N4O. The molecule has 0 spiro atoms. The van der Waals surface area contributed by atoms with Gasteiger partial charge in [-0.3, -0.25) is 9.48 Å². The molecule has 1 aromatic heterocycles. The molecular weight excluding hydrogens is 312 g/mol. The molecule has 1 amide bonds. The summed E-state index contributed by atoms with van der Waals surface area (Å²) >= 11 is 0. The van der Waals surface area contributed by atoms with Crippen LogP contribution in [0.1, 0.15) is 23.0 Å². The molecule has 1 N–H and O–H groups in total. The molecule has 0 atom stereocenters. The van der Waals surface area contributed by atoms with E-state index in [-0.39, 0.29) is 5.91 Å². The van der Waals surface area contributed by atoms with Crippen molar-refractivity contribution in [2.45, 2.75) is 13.5 Å². The lowest BCUT2D eigenvalue weighted by Gasteiger charge is -2.06. The third-order valence-electron chi connectivity index (χ3n) is 4.26. The van der Waals surface area contributed by atoms with Gasteiger partial charge in [-0.15, -0.1) is 0 Å². The monoisotopic (exact) mass is 330 g/mol. The Labute approximate surface area is 146 Å². The first-order valence-corrected chi connectivity index (χ1v) is 8.35. The van der Waals surface area contributed by atoms with Crippen molar-refractivity contribution in [1.82, 2.24) is 15.1 Å². The Morgan fingerprint density at radius 3 is 2.28 bits per heavy atom. The van der Waals surface area contributed by atoms with Gasteiger partial charge < -0.3 is 5.32 Å². The van der Waals surface area contributed by atoms with Crippen LogP contribution in [0.25, 0.3) is 11.3 Å². The third kappa shape index (κ3) is 2.74. The maximum atomic E-state index is 12.7. The summed E-state index contributed by atoms with van der Waals surface area (Å²) in [6.07, 6.45) is 0. The molecule has 0 saturated heterocycles. The molecule has 5 nitrogen and oxygen atoms in total.